The van der Waals surface area contributed by atoms with Crippen molar-refractivity contribution in [3.05, 3.63) is 43.2 Å². The van der Waals surface area contributed by atoms with Gasteiger partial charge in [0.15, 0.2) is 17.7 Å². The topological polar surface area (TPSA) is 182 Å². The predicted molar refractivity (Wildman–Crippen MR) is 212 cm³/mol. The van der Waals surface area contributed by atoms with E-state index in [1.165, 1.54) is 25.8 Å². The number of aryl methyl sites for hydroxylation is 1. The molecule has 1 amide bonds. The van der Waals surface area contributed by atoms with E-state index in [1.807, 2.05) is 33.7 Å². The van der Waals surface area contributed by atoms with Gasteiger partial charge in [-0.25, -0.2) is 29.4 Å². The van der Waals surface area contributed by atoms with Crippen molar-refractivity contribution in [2.45, 2.75) is 147 Å². The van der Waals surface area contributed by atoms with E-state index in [9.17, 15) is 29.4 Å². The SMILES string of the molecule is C=CCN(C)[C@H]1C[C@@H](C)OC(O[C@@H]2[C@@H](C)C(=O)[C@](C)(F)C(=O)O[C@H](CC)[C@@]3(C)OC(=O)N(NCCCn4cnc5ccccc54)C3[C@@H](C)C(=O)[C@H](C)C[C@@]2(C)O)[C@@H]1O. The number of hydrogen-bond donors (Lipinski definition) is 3. The summed E-state index contributed by atoms with van der Waals surface area (Å²) in [5, 5.41) is 25.0. The minimum atomic E-state index is -3.25. The molecule has 4 heterocycles. The summed E-state index contributed by atoms with van der Waals surface area (Å²) < 4.78 is 42.9. The van der Waals surface area contributed by atoms with E-state index < -0.39 is 95.3 Å². The van der Waals surface area contributed by atoms with Gasteiger partial charge in [-0.1, -0.05) is 45.9 Å². The number of aromatic nitrogens is 2. The van der Waals surface area contributed by atoms with Gasteiger partial charge in [0.05, 0.1) is 35.2 Å². The number of imidazole rings is 1. The first-order valence-corrected chi connectivity index (χ1v) is 20.4. The van der Waals surface area contributed by atoms with Gasteiger partial charge in [0.25, 0.3) is 5.67 Å². The lowest BCUT2D eigenvalue weighted by Crippen LogP contribution is -2.62. The largest absolute Gasteiger partial charge is 0.455 e. The molecule has 0 aliphatic carbocycles. The van der Waals surface area contributed by atoms with Crippen LogP contribution < -0.4 is 5.43 Å². The Kier molecular flexibility index (Phi) is 13.9. The number of nitrogens with one attached hydrogen (secondary N) is 1. The van der Waals surface area contributed by atoms with E-state index in [1.54, 1.807) is 47.1 Å². The van der Waals surface area contributed by atoms with Crippen molar-refractivity contribution in [1.29, 1.82) is 0 Å². The van der Waals surface area contributed by atoms with E-state index in [0.29, 0.717) is 25.9 Å². The summed E-state index contributed by atoms with van der Waals surface area (Å²) in [4.78, 5) is 62.5. The minimum Gasteiger partial charge on any atom is -0.455 e. The number of benzene rings is 1. The third-order valence-corrected chi connectivity index (χ3v) is 12.3. The number of amides is 1. The van der Waals surface area contributed by atoms with Gasteiger partial charge in [-0.2, -0.15) is 0 Å². The Balaban J connectivity index is 1.47. The highest BCUT2D eigenvalue weighted by molar-refractivity contribution is 6.08. The predicted octanol–water partition coefficient (Wildman–Crippen LogP) is 4.13. The molecule has 5 rings (SSSR count). The normalized spacial score (nSPS) is 38.1. The molecule has 322 valence electrons. The summed E-state index contributed by atoms with van der Waals surface area (Å²) >= 11 is 0. The fourth-order valence-electron chi connectivity index (χ4n) is 9.26. The molecule has 0 spiro atoms. The van der Waals surface area contributed by atoms with Crippen molar-refractivity contribution in [2.24, 2.45) is 17.8 Å². The summed E-state index contributed by atoms with van der Waals surface area (Å²) in [5.41, 5.74) is -2.01. The summed E-state index contributed by atoms with van der Waals surface area (Å²) in [7, 11) is 1.81. The Morgan fingerprint density at radius 3 is 2.48 bits per heavy atom. The van der Waals surface area contributed by atoms with Crippen LogP contribution >= 0.6 is 0 Å². The zero-order valence-corrected chi connectivity index (χ0v) is 35.2. The maximum Gasteiger partial charge on any atom is 0.425 e. The van der Waals surface area contributed by atoms with Crippen molar-refractivity contribution >= 4 is 34.7 Å². The van der Waals surface area contributed by atoms with Gasteiger partial charge in [-0.05, 0) is 72.6 Å². The van der Waals surface area contributed by atoms with E-state index >= 15 is 4.39 Å². The number of ether oxygens (including phenoxy) is 4. The average molecular weight is 816 g/mol. The van der Waals surface area contributed by atoms with Crippen LogP contribution in [-0.4, -0.2) is 133 Å². The molecule has 3 saturated heterocycles. The minimum absolute atomic E-state index is 0.0425. The number of likely N-dealkylation sites (N-methyl/N-ethyl adjacent to an activating group) is 1. The smallest absolute Gasteiger partial charge is 0.425 e. The Hall–Kier alpha value is -3.80. The molecule has 58 heavy (non-hydrogen) atoms. The molecule has 3 N–H and O–H groups in total. The molecule has 13 atom stereocenters. The number of hydrogen-bond acceptors (Lipinski definition) is 13. The number of hydrazine groups is 1. The highest BCUT2D eigenvalue weighted by Gasteiger charge is 2.62. The molecule has 1 aromatic heterocycles. The molecule has 2 unspecified atom stereocenters. The van der Waals surface area contributed by atoms with Crippen molar-refractivity contribution in [2.75, 3.05) is 20.1 Å². The molecule has 16 heteroatoms. The van der Waals surface area contributed by atoms with Gasteiger partial charge in [0.2, 0.25) is 0 Å². The number of carbonyl (C=O) groups is 4. The van der Waals surface area contributed by atoms with Gasteiger partial charge in [0, 0.05) is 43.4 Å². The number of para-hydroxylation sites is 2. The van der Waals surface area contributed by atoms with Crippen LogP contribution in [0.5, 0.6) is 0 Å². The van der Waals surface area contributed by atoms with Crippen LogP contribution in [0.15, 0.2) is 43.2 Å². The number of aliphatic hydroxyl groups is 2. The van der Waals surface area contributed by atoms with Crippen LogP contribution in [0.2, 0.25) is 0 Å². The number of carbonyl (C=O) groups excluding carboxylic acids is 4. The standard InChI is InChI=1S/C42H62FN5O10/c1-11-19-46(10)30-21-25(4)55-37(33(30)50)57-36-27(6)35(51)41(8,43)38(52)56-31(12-2)42(9)34(26(5)32(49)24(3)22-40(36,7)54)48(39(53)58-42)45-18-15-20-47-23-44-28-16-13-14-17-29(28)47/h11,13-14,16-17,23-27,30-31,33-34,36-37,45,50,54H,1,12,15,18-22H2,2-10H3/t24-,25-,26+,27+,30+,31-,33-,34?,36-,37?,40-,41+,42-/m1/s1. The van der Waals surface area contributed by atoms with Gasteiger partial charge in [0.1, 0.15) is 24.0 Å². The van der Waals surface area contributed by atoms with Crippen LogP contribution in [0.4, 0.5) is 9.18 Å². The van der Waals surface area contributed by atoms with Crippen LogP contribution in [0.3, 0.4) is 0 Å². The van der Waals surface area contributed by atoms with Crippen molar-refractivity contribution < 1.29 is 52.7 Å². The third-order valence-electron chi connectivity index (χ3n) is 12.3. The molecular formula is C42H62FN5O10. The maximum absolute atomic E-state index is 16.8. The molecule has 0 bridgehead atoms. The fourth-order valence-corrected chi connectivity index (χ4v) is 9.26. The first-order chi connectivity index (χ1) is 27.2. The molecular weight excluding hydrogens is 753 g/mol. The number of alkyl halides is 1. The number of rotatable bonds is 11. The molecule has 0 radical (unpaired) electrons. The number of ketones is 2. The summed E-state index contributed by atoms with van der Waals surface area (Å²) in [6, 6.07) is 6.18. The Morgan fingerprint density at radius 1 is 1.12 bits per heavy atom. The Bertz CT molecular complexity index is 1820. The zero-order valence-electron chi connectivity index (χ0n) is 35.2. The van der Waals surface area contributed by atoms with Crippen molar-refractivity contribution in [3.8, 4) is 0 Å². The molecule has 1 aromatic carbocycles. The Labute approximate surface area is 340 Å². The number of halogens is 1. The maximum atomic E-state index is 16.8. The number of Topliss-reactive ketones (excluding diaryl/α,β-unsaturated/α-hetero) is 2. The average Bonchev–Trinajstić information content (AvgIpc) is 3.70. The zero-order chi connectivity index (χ0) is 42.9. The lowest BCUT2D eigenvalue weighted by molar-refractivity contribution is -0.293. The summed E-state index contributed by atoms with van der Waals surface area (Å²) in [6.07, 6.45) is -2.52. The van der Waals surface area contributed by atoms with Gasteiger partial charge in [-0.15, -0.1) is 6.58 Å². The number of cyclic esters (lactones) is 1. The second-order valence-corrected chi connectivity index (χ2v) is 17.1. The molecule has 3 fully saturated rings. The lowest BCUT2D eigenvalue weighted by atomic mass is 9.73. The van der Waals surface area contributed by atoms with Gasteiger partial charge < -0.3 is 33.7 Å². The summed E-state index contributed by atoms with van der Waals surface area (Å²) in [5.74, 6) is -6.51. The number of nitrogens with zero attached hydrogens (tertiary/aromatic N) is 4. The third kappa shape index (κ3) is 8.87. The van der Waals surface area contributed by atoms with Crippen LogP contribution in [0.25, 0.3) is 11.0 Å². The van der Waals surface area contributed by atoms with E-state index in [2.05, 4.69) is 17.0 Å². The number of esters is 1. The van der Waals surface area contributed by atoms with E-state index in [-0.39, 0.29) is 25.2 Å². The number of aliphatic hydroxyl groups excluding tert-OH is 1. The van der Waals surface area contributed by atoms with E-state index in [0.717, 1.165) is 18.0 Å². The van der Waals surface area contributed by atoms with Gasteiger partial charge in [-0.3, -0.25) is 14.5 Å². The molecule has 3 aliphatic heterocycles. The molecule has 2 aromatic rings. The summed E-state index contributed by atoms with van der Waals surface area (Å²) in [6.45, 7) is 16.8. The molecule has 15 nitrogen and oxygen atoms in total. The highest BCUT2D eigenvalue weighted by Crippen LogP contribution is 2.42. The van der Waals surface area contributed by atoms with Gasteiger partial charge >= 0.3 is 12.1 Å². The monoisotopic (exact) mass is 815 g/mol. The van der Waals surface area contributed by atoms with Crippen LogP contribution in [0, 0.1) is 17.8 Å². The second kappa shape index (κ2) is 17.8. The first kappa shape index (κ1) is 45.3. The first-order valence-electron chi connectivity index (χ1n) is 20.4. The molecule has 3 aliphatic rings. The van der Waals surface area contributed by atoms with Crippen LogP contribution in [-0.2, 0) is 39.9 Å². The van der Waals surface area contributed by atoms with Crippen molar-refractivity contribution in [3.63, 3.8) is 0 Å². The highest BCUT2D eigenvalue weighted by atomic mass is 19.1. The molecule has 0 saturated carbocycles. The Morgan fingerprint density at radius 2 is 1.81 bits per heavy atom. The second-order valence-electron chi connectivity index (χ2n) is 17.1. The van der Waals surface area contributed by atoms with Crippen molar-refractivity contribution in [1.82, 2.24) is 24.9 Å². The number of fused-ring (bicyclic) bond motifs is 2. The van der Waals surface area contributed by atoms with E-state index in [4.69, 9.17) is 18.9 Å². The quantitative estimate of drug-likeness (QED) is 0.128. The van der Waals surface area contributed by atoms with Crippen LogP contribution in [0.1, 0.15) is 81.1 Å². The fraction of sp³-hybridized carbons (Fsp3) is 0.690. The lowest BCUT2D eigenvalue weighted by Gasteiger charge is -2.46.